The number of pyridine rings is 1. The van der Waals surface area contributed by atoms with Gasteiger partial charge in [-0.3, -0.25) is 19.0 Å². The number of carbonyl (C=O) groups excluding carboxylic acids is 2. The predicted molar refractivity (Wildman–Crippen MR) is 129 cm³/mol. The molecule has 3 heterocycles. The molecule has 0 aliphatic carbocycles. The summed E-state index contributed by atoms with van der Waals surface area (Å²) in [6, 6.07) is 16.1. The van der Waals surface area contributed by atoms with Gasteiger partial charge in [0.25, 0.3) is 11.5 Å². The average molecular weight is 457 g/mol. The molecule has 8 nitrogen and oxygen atoms in total. The lowest BCUT2D eigenvalue weighted by molar-refractivity contribution is -0.121. The highest BCUT2D eigenvalue weighted by Gasteiger charge is 2.26. The summed E-state index contributed by atoms with van der Waals surface area (Å²) in [5.74, 6) is 0.159. The number of para-hydroxylation sites is 1. The van der Waals surface area contributed by atoms with Crippen molar-refractivity contribution in [1.29, 1.82) is 0 Å². The van der Waals surface area contributed by atoms with Crippen LogP contribution < -0.4 is 15.2 Å². The van der Waals surface area contributed by atoms with Crippen LogP contribution in [-0.4, -0.2) is 39.2 Å². The van der Waals surface area contributed by atoms with Crippen LogP contribution in [0.5, 0.6) is 5.75 Å². The van der Waals surface area contributed by atoms with Crippen molar-refractivity contribution in [3.05, 3.63) is 81.8 Å². The Morgan fingerprint density at radius 2 is 1.82 bits per heavy atom. The van der Waals surface area contributed by atoms with E-state index in [-0.39, 0.29) is 30.4 Å². The molecule has 0 atom stereocenters. The number of Topliss-reactive ketones (excluding diaryl/α,β-unsaturated/α-hetero) is 1. The van der Waals surface area contributed by atoms with Gasteiger partial charge in [0.05, 0.1) is 23.6 Å². The van der Waals surface area contributed by atoms with E-state index in [1.807, 2.05) is 51.1 Å². The van der Waals surface area contributed by atoms with E-state index in [4.69, 9.17) is 4.74 Å². The number of ether oxygens (including phenoxy) is 1. The van der Waals surface area contributed by atoms with E-state index in [0.717, 1.165) is 22.3 Å². The van der Waals surface area contributed by atoms with Gasteiger partial charge in [-0.25, -0.2) is 4.68 Å². The number of rotatable bonds is 5. The third kappa shape index (κ3) is 3.48. The molecule has 172 valence electrons. The van der Waals surface area contributed by atoms with Crippen LogP contribution >= 0.6 is 0 Å². The molecule has 2 aromatic heterocycles. The van der Waals surface area contributed by atoms with Crippen LogP contribution in [0.15, 0.2) is 59.4 Å². The quantitative estimate of drug-likeness (QED) is 0.430. The number of ketones is 1. The summed E-state index contributed by atoms with van der Waals surface area (Å²) in [5, 5.41) is 5.52. The number of hydrogen-bond acceptors (Lipinski definition) is 5. The molecule has 0 N–H and O–H groups in total. The van der Waals surface area contributed by atoms with Crippen molar-refractivity contribution in [3.63, 3.8) is 0 Å². The summed E-state index contributed by atoms with van der Waals surface area (Å²) in [6.45, 7) is 5.93. The Balaban J connectivity index is 1.61. The van der Waals surface area contributed by atoms with Crippen molar-refractivity contribution in [2.75, 3.05) is 18.1 Å². The molecule has 8 heteroatoms. The summed E-state index contributed by atoms with van der Waals surface area (Å²) in [5.41, 5.74) is 3.66. The molecular weight excluding hydrogens is 432 g/mol. The summed E-state index contributed by atoms with van der Waals surface area (Å²) in [4.78, 5) is 40.3. The minimum atomic E-state index is -0.276. The normalized spacial score (nSPS) is 13.1. The second-order valence-electron chi connectivity index (χ2n) is 8.32. The maximum Gasteiger partial charge on any atom is 0.265 e. The number of anilines is 1. The lowest BCUT2D eigenvalue weighted by Crippen LogP contribution is -2.38. The first-order chi connectivity index (χ1) is 16.4. The van der Waals surface area contributed by atoms with E-state index in [1.165, 1.54) is 10.6 Å². The van der Waals surface area contributed by atoms with Crippen LogP contribution in [0, 0.1) is 13.8 Å². The fourth-order valence-corrected chi connectivity index (χ4v) is 4.52. The van der Waals surface area contributed by atoms with E-state index in [1.54, 1.807) is 27.8 Å². The predicted octanol–water partition coefficient (Wildman–Crippen LogP) is 3.43. The van der Waals surface area contributed by atoms with Gasteiger partial charge in [-0.05, 0) is 56.7 Å². The molecule has 0 unspecified atom stereocenters. The second-order valence-corrected chi connectivity index (χ2v) is 8.32. The number of aryl methyl sites for hydroxylation is 2. The van der Waals surface area contributed by atoms with Gasteiger partial charge in [-0.1, -0.05) is 18.2 Å². The van der Waals surface area contributed by atoms with Crippen LogP contribution in [0.1, 0.15) is 28.5 Å². The van der Waals surface area contributed by atoms with Crippen LogP contribution in [0.2, 0.25) is 0 Å². The number of likely N-dealkylation sites (N-methyl/N-ethyl adjacent to an activating group) is 1. The SMILES string of the molecule is CCN1C(=O)COc2ccc(C(=O)Cn3c(=O)cc(C)c4c(C)nn(-c5ccccc5)c43)cc21. The molecule has 0 radical (unpaired) electrons. The van der Waals surface area contributed by atoms with E-state index in [9.17, 15) is 14.4 Å². The lowest BCUT2D eigenvalue weighted by Gasteiger charge is -2.28. The molecule has 0 saturated carbocycles. The molecule has 1 amide bonds. The molecule has 0 spiro atoms. The number of aromatic nitrogens is 3. The zero-order valence-corrected chi connectivity index (χ0v) is 19.2. The number of amides is 1. The second kappa shape index (κ2) is 8.30. The monoisotopic (exact) mass is 456 g/mol. The van der Waals surface area contributed by atoms with Gasteiger partial charge in [0.15, 0.2) is 12.4 Å². The third-order valence-electron chi connectivity index (χ3n) is 6.13. The molecule has 4 aromatic rings. The molecule has 34 heavy (non-hydrogen) atoms. The first-order valence-electron chi connectivity index (χ1n) is 11.1. The van der Waals surface area contributed by atoms with E-state index >= 15 is 0 Å². The van der Waals surface area contributed by atoms with Gasteiger partial charge in [-0.2, -0.15) is 5.10 Å². The van der Waals surface area contributed by atoms with E-state index in [2.05, 4.69) is 5.10 Å². The standard InChI is InChI=1S/C26H24N4O4/c1-4-28-20-13-18(10-11-22(20)34-15-24(28)33)21(31)14-29-23(32)12-16(2)25-17(3)27-30(26(25)29)19-8-6-5-7-9-19/h5-13H,4,14-15H2,1-3H3. The Labute approximate surface area is 196 Å². The summed E-state index contributed by atoms with van der Waals surface area (Å²) >= 11 is 0. The number of carbonyl (C=O) groups is 2. The van der Waals surface area contributed by atoms with Crippen molar-refractivity contribution in [1.82, 2.24) is 14.3 Å². The Bertz CT molecular complexity index is 1500. The van der Waals surface area contributed by atoms with Gasteiger partial charge in [0.2, 0.25) is 0 Å². The van der Waals surface area contributed by atoms with Crippen molar-refractivity contribution in [2.24, 2.45) is 0 Å². The van der Waals surface area contributed by atoms with Crippen LogP contribution in [0.4, 0.5) is 5.69 Å². The zero-order valence-electron chi connectivity index (χ0n) is 19.2. The molecule has 2 aromatic carbocycles. The van der Waals surface area contributed by atoms with Gasteiger partial charge >= 0.3 is 0 Å². The molecule has 5 rings (SSSR count). The third-order valence-corrected chi connectivity index (χ3v) is 6.13. The minimum Gasteiger partial charge on any atom is -0.482 e. The van der Waals surface area contributed by atoms with Crippen LogP contribution in [-0.2, 0) is 11.3 Å². The van der Waals surface area contributed by atoms with E-state index < -0.39 is 0 Å². The maximum atomic E-state index is 13.4. The van der Waals surface area contributed by atoms with Gasteiger partial charge in [0, 0.05) is 23.6 Å². The minimum absolute atomic E-state index is 0.0201. The van der Waals surface area contributed by atoms with Gasteiger partial charge in [-0.15, -0.1) is 0 Å². The van der Waals surface area contributed by atoms with E-state index in [0.29, 0.717) is 29.2 Å². The van der Waals surface area contributed by atoms with Crippen molar-refractivity contribution < 1.29 is 14.3 Å². The van der Waals surface area contributed by atoms with Crippen LogP contribution in [0.25, 0.3) is 16.7 Å². The van der Waals surface area contributed by atoms with Gasteiger partial charge in [0.1, 0.15) is 11.4 Å². The number of fused-ring (bicyclic) bond motifs is 2. The zero-order chi connectivity index (χ0) is 24.0. The lowest BCUT2D eigenvalue weighted by atomic mass is 10.1. The Morgan fingerprint density at radius 3 is 2.56 bits per heavy atom. The highest BCUT2D eigenvalue weighted by Crippen LogP contribution is 2.33. The Hall–Kier alpha value is -4.20. The molecule has 1 aliphatic heterocycles. The Kier molecular flexibility index (Phi) is 5.28. The Morgan fingerprint density at radius 1 is 1.06 bits per heavy atom. The summed E-state index contributed by atoms with van der Waals surface area (Å²) in [7, 11) is 0. The molecule has 0 fully saturated rings. The molecule has 0 bridgehead atoms. The highest BCUT2D eigenvalue weighted by molar-refractivity contribution is 6.02. The largest absolute Gasteiger partial charge is 0.482 e. The fourth-order valence-electron chi connectivity index (χ4n) is 4.52. The van der Waals surface area contributed by atoms with Crippen molar-refractivity contribution >= 4 is 28.4 Å². The summed E-state index contributed by atoms with van der Waals surface area (Å²) < 4.78 is 8.69. The molecule has 1 aliphatic rings. The smallest absolute Gasteiger partial charge is 0.265 e. The fraction of sp³-hybridized carbons (Fsp3) is 0.231. The van der Waals surface area contributed by atoms with Crippen LogP contribution in [0.3, 0.4) is 0 Å². The highest BCUT2D eigenvalue weighted by atomic mass is 16.5. The number of nitrogens with zero attached hydrogens (tertiary/aromatic N) is 4. The number of benzene rings is 2. The van der Waals surface area contributed by atoms with Crippen molar-refractivity contribution in [2.45, 2.75) is 27.3 Å². The first-order valence-corrected chi connectivity index (χ1v) is 11.1. The molecule has 0 saturated heterocycles. The first kappa shape index (κ1) is 21.6. The number of hydrogen-bond donors (Lipinski definition) is 0. The molecular formula is C26H24N4O4. The van der Waals surface area contributed by atoms with Crippen molar-refractivity contribution in [3.8, 4) is 11.4 Å². The average Bonchev–Trinajstić information content (AvgIpc) is 3.19. The van der Waals surface area contributed by atoms with Gasteiger partial charge < -0.3 is 9.64 Å². The summed E-state index contributed by atoms with van der Waals surface area (Å²) in [6.07, 6.45) is 0. The topological polar surface area (TPSA) is 86.4 Å². The maximum absolute atomic E-state index is 13.4.